The fourth-order valence-corrected chi connectivity index (χ4v) is 3.03. The zero-order valence-electron chi connectivity index (χ0n) is 18.8. The van der Waals surface area contributed by atoms with E-state index in [1.54, 1.807) is 6.08 Å². The normalized spacial score (nSPS) is 15.7. The Morgan fingerprint density at radius 2 is 1.90 bits per heavy atom. The van der Waals surface area contributed by atoms with Crippen LogP contribution in [0.25, 0.3) is 0 Å². The molecule has 2 rings (SSSR count). The highest BCUT2D eigenvalue weighted by atomic mass is 16.6. The molecule has 1 aliphatic heterocycles. The first kappa shape index (κ1) is 24.5. The van der Waals surface area contributed by atoms with Gasteiger partial charge in [0.2, 0.25) is 0 Å². The maximum atomic E-state index is 12.4. The monoisotopic (exact) mass is 430 g/mol. The van der Waals surface area contributed by atoms with E-state index in [1.165, 1.54) is 0 Å². The number of ether oxygens (including phenoxy) is 3. The third-order valence-corrected chi connectivity index (χ3v) is 4.65. The smallest absolute Gasteiger partial charge is 0.407 e. The first-order valence-corrected chi connectivity index (χ1v) is 10.6. The molecule has 1 atom stereocenters. The van der Waals surface area contributed by atoms with Crippen LogP contribution in [0.2, 0.25) is 0 Å². The molecular formula is C24H34N2O5. The summed E-state index contributed by atoms with van der Waals surface area (Å²) >= 11 is 0. The number of amides is 1. The van der Waals surface area contributed by atoms with E-state index in [0.717, 1.165) is 24.4 Å². The number of nitrogens with zero attached hydrogens (tertiary/aromatic N) is 1. The highest BCUT2D eigenvalue weighted by Crippen LogP contribution is 2.17. The minimum Gasteiger partial charge on any atom is -0.460 e. The number of carbonyl (C=O) groups excluding carboxylic acids is 2. The van der Waals surface area contributed by atoms with Gasteiger partial charge < -0.3 is 24.4 Å². The van der Waals surface area contributed by atoms with Gasteiger partial charge in [-0.3, -0.25) is 4.79 Å². The molecule has 1 aromatic rings. The van der Waals surface area contributed by atoms with Crippen LogP contribution in [0.4, 0.5) is 4.79 Å². The van der Waals surface area contributed by atoms with Crippen molar-refractivity contribution in [3.05, 3.63) is 60.3 Å². The molecule has 1 heterocycles. The SMILES string of the molecule is C=C[C@@H](C/C=C(\CNC(=O)OCc1ccccc1)N1CCOCC1)C(=O)OC(C)(C)C. The van der Waals surface area contributed by atoms with Crippen LogP contribution in [-0.2, 0) is 25.6 Å². The fourth-order valence-electron chi connectivity index (χ4n) is 3.03. The van der Waals surface area contributed by atoms with Gasteiger partial charge in [-0.1, -0.05) is 42.5 Å². The zero-order chi connectivity index (χ0) is 22.7. The van der Waals surface area contributed by atoms with Crippen LogP contribution < -0.4 is 5.32 Å². The van der Waals surface area contributed by atoms with Crippen molar-refractivity contribution in [2.24, 2.45) is 5.92 Å². The maximum Gasteiger partial charge on any atom is 0.407 e. The molecule has 0 aromatic heterocycles. The van der Waals surface area contributed by atoms with Gasteiger partial charge in [-0.15, -0.1) is 6.58 Å². The molecule has 7 heteroatoms. The number of benzene rings is 1. The number of hydrogen-bond acceptors (Lipinski definition) is 6. The van der Waals surface area contributed by atoms with Crippen molar-refractivity contribution in [3.8, 4) is 0 Å². The predicted molar refractivity (Wildman–Crippen MR) is 119 cm³/mol. The summed E-state index contributed by atoms with van der Waals surface area (Å²) in [5, 5.41) is 2.81. The van der Waals surface area contributed by atoms with Crippen LogP contribution >= 0.6 is 0 Å². The van der Waals surface area contributed by atoms with E-state index >= 15 is 0 Å². The average molecular weight is 431 g/mol. The lowest BCUT2D eigenvalue weighted by atomic mass is 10.0. The molecule has 0 spiro atoms. The van der Waals surface area contributed by atoms with Gasteiger partial charge >= 0.3 is 12.1 Å². The van der Waals surface area contributed by atoms with Gasteiger partial charge in [-0.2, -0.15) is 0 Å². The first-order chi connectivity index (χ1) is 14.8. The number of rotatable bonds is 9. The van der Waals surface area contributed by atoms with Gasteiger partial charge in [-0.25, -0.2) is 4.79 Å². The van der Waals surface area contributed by atoms with Gasteiger partial charge in [-0.05, 0) is 32.8 Å². The summed E-state index contributed by atoms with van der Waals surface area (Å²) in [6.45, 7) is 12.5. The number of allylic oxidation sites excluding steroid dienone is 1. The number of hydrogen-bond donors (Lipinski definition) is 1. The highest BCUT2D eigenvalue weighted by molar-refractivity contribution is 5.75. The van der Waals surface area contributed by atoms with E-state index in [-0.39, 0.29) is 12.6 Å². The Morgan fingerprint density at radius 1 is 1.23 bits per heavy atom. The second kappa shape index (κ2) is 12.2. The summed E-state index contributed by atoms with van der Waals surface area (Å²) in [5.41, 5.74) is 1.28. The van der Waals surface area contributed by atoms with Crippen LogP contribution in [0.15, 0.2) is 54.8 Å². The van der Waals surface area contributed by atoms with Crippen molar-refractivity contribution in [1.29, 1.82) is 0 Å². The van der Waals surface area contributed by atoms with E-state index in [0.29, 0.717) is 26.2 Å². The molecule has 1 fully saturated rings. The first-order valence-electron chi connectivity index (χ1n) is 10.6. The molecule has 0 radical (unpaired) electrons. The largest absolute Gasteiger partial charge is 0.460 e. The van der Waals surface area contributed by atoms with Crippen molar-refractivity contribution >= 4 is 12.1 Å². The van der Waals surface area contributed by atoms with Crippen molar-refractivity contribution < 1.29 is 23.8 Å². The average Bonchev–Trinajstić information content (AvgIpc) is 2.75. The Bertz CT molecular complexity index is 749. The summed E-state index contributed by atoms with van der Waals surface area (Å²) in [5.74, 6) is -0.768. The van der Waals surface area contributed by atoms with Gasteiger partial charge in [0.15, 0.2) is 0 Å². The molecule has 0 unspecified atom stereocenters. The second-order valence-corrected chi connectivity index (χ2v) is 8.32. The molecule has 1 saturated heterocycles. The highest BCUT2D eigenvalue weighted by Gasteiger charge is 2.23. The molecule has 0 saturated carbocycles. The minimum atomic E-state index is -0.556. The summed E-state index contributed by atoms with van der Waals surface area (Å²) in [4.78, 5) is 26.7. The number of morpholine rings is 1. The van der Waals surface area contributed by atoms with E-state index in [9.17, 15) is 9.59 Å². The van der Waals surface area contributed by atoms with Crippen molar-refractivity contribution in [2.45, 2.75) is 39.4 Å². The lowest BCUT2D eigenvalue weighted by molar-refractivity contribution is -0.158. The van der Waals surface area contributed by atoms with Crippen LogP contribution in [0.5, 0.6) is 0 Å². The van der Waals surface area contributed by atoms with Crippen molar-refractivity contribution in [2.75, 3.05) is 32.8 Å². The Balaban J connectivity index is 1.96. The molecule has 1 amide bonds. The summed E-state index contributed by atoms with van der Waals surface area (Å²) in [6.07, 6.45) is 3.50. The number of esters is 1. The lowest BCUT2D eigenvalue weighted by Gasteiger charge is -2.31. The minimum absolute atomic E-state index is 0.209. The molecule has 7 nitrogen and oxygen atoms in total. The number of nitrogens with one attached hydrogen (secondary N) is 1. The van der Waals surface area contributed by atoms with E-state index < -0.39 is 17.6 Å². The Labute approximate surface area is 185 Å². The van der Waals surface area contributed by atoms with Crippen molar-refractivity contribution in [3.63, 3.8) is 0 Å². The van der Waals surface area contributed by atoms with Crippen LogP contribution in [0.3, 0.4) is 0 Å². The Morgan fingerprint density at radius 3 is 2.52 bits per heavy atom. The topological polar surface area (TPSA) is 77.1 Å². The van der Waals surface area contributed by atoms with Gasteiger partial charge in [0.1, 0.15) is 12.2 Å². The third kappa shape index (κ3) is 9.26. The molecule has 170 valence electrons. The number of alkyl carbamates (subject to hydrolysis) is 1. The molecule has 1 aromatic carbocycles. The number of carbonyl (C=O) groups is 2. The molecular weight excluding hydrogens is 396 g/mol. The standard InChI is InChI=1S/C24H34N2O5/c1-5-20(22(27)31-24(2,3)4)11-12-21(26-13-15-29-16-14-26)17-25-23(28)30-18-19-9-7-6-8-10-19/h5-10,12,20H,1,11,13-18H2,2-4H3,(H,25,28)/b21-12+/t20-/m0/s1. The van der Waals surface area contributed by atoms with E-state index in [4.69, 9.17) is 14.2 Å². The lowest BCUT2D eigenvalue weighted by Crippen LogP contribution is -2.40. The predicted octanol–water partition coefficient (Wildman–Crippen LogP) is 3.66. The van der Waals surface area contributed by atoms with Crippen molar-refractivity contribution in [1.82, 2.24) is 10.2 Å². The van der Waals surface area contributed by atoms with Gasteiger partial charge in [0.05, 0.1) is 25.7 Å². The third-order valence-electron chi connectivity index (χ3n) is 4.65. The molecule has 1 aliphatic rings. The van der Waals surface area contributed by atoms with Crippen LogP contribution in [0.1, 0.15) is 32.8 Å². The van der Waals surface area contributed by atoms with Crippen LogP contribution in [-0.4, -0.2) is 55.4 Å². The molecule has 0 aliphatic carbocycles. The van der Waals surface area contributed by atoms with Gasteiger partial charge in [0.25, 0.3) is 0 Å². The summed E-state index contributed by atoms with van der Waals surface area (Å²) < 4.78 is 16.2. The van der Waals surface area contributed by atoms with E-state index in [2.05, 4.69) is 16.8 Å². The van der Waals surface area contributed by atoms with Gasteiger partial charge in [0, 0.05) is 18.8 Å². The summed E-state index contributed by atoms with van der Waals surface area (Å²) in [7, 11) is 0. The maximum absolute atomic E-state index is 12.4. The Hall–Kier alpha value is -2.80. The summed E-state index contributed by atoms with van der Waals surface area (Å²) in [6, 6.07) is 9.51. The van der Waals surface area contributed by atoms with E-state index in [1.807, 2.05) is 57.2 Å². The molecule has 1 N–H and O–H groups in total. The zero-order valence-corrected chi connectivity index (χ0v) is 18.8. The fraction of sp³-hybridized carbons (Fsp3) is 0.500. The molecule has 0 bridgehead atoms. The molecule has 31 heavy (non-hydrogen) atoms. The van der Waals surface area contributed by atoms with Crippen LogP contribution in [0, 0.1) is 5.92 Å². The quantitative estimate of drug-likeness (QED) is 0.476. The Kier molecular flexibility index (Phi) is 9.59. The second-order valence-electron chi connectivity index (χ2n) is 8.32.